The highest BCUT2D eigenvalue weighted by Crippen LogP contribution is 2.33. The fraction of sp³-hybridized carbons (Fsp3) is 0.350. The van der Waals surface area contributed by atoms with Crippen LogP contribution >= 0.6 is 11.3 Å². The number of halogens is 1. The van der Waals surface area contributed by atoms with E-state index in [9.17, 15) is 14.0 Å². The monoisotopic (exact) mass is 401 g/mol. The zero-order chi connectivity index (χ0) is 20.1. The minimum Gasteiger partial charge on any atom is -0.444 e. The molecule has 0 saturated carbocycles. The first-order valence-corrected chi connectivity index (χ1v) is 9.82. The molecule has 0 radical (unpaired) electrons. The third-order valence-corrected chi connectivity index (χ3v) is 5.53. The van der Waals surface area contributed by atoms with Crippen LogP contribution in [0, 0.1) is 5.82 Å². The van der Waals surface area contributed by atoms with E-state index in [2.05, 4.69) is 10.3 Å². The Morgan fingerprint density at radius 2 is 2.07 bits per heavy atom. The third kappa shape index (κ3) is 3.52. The van der Waals surface area contributed by atoms with Gasteiger partial charge in [-0.15, -0.1) is 0 Å². The number of fused-ring (bicyclic) bond motifs is 3. The van der Waals surface area contributed by atoms with E-state index in [0.717, 1.165) is 21.0 Å². The van der Waals surface area contributed by atoms with Crippen molar-refractivity contribution in [3.63, 3.8) is 0 Å². The summed E-state index contributed by atoms with van der Waals surface area (Å²) in [5.74, 6) is -0.580. The van der Waals surface area contributed by atoms with Crippen molar-refractivity contribution in [1.82, 2.24) is 9.88 Å². The minimum atomic E-state index is -0.610. The van der Waals surface area contributed by atoms with Gasteiger partial charge in [-0.25, -0.2) is 14.2 Å². The molecular formula is C20H20FN3O3S. The molecule has 4 rings (SSSR count). The van der Waals surface area contributed by atoms with Crippen molar-refractivity contribution in [2.45, 2.75) is 38.8 Å². The largest absolute Gasteiger partial charge is 0.444 e. The molecule has 1 fully saturated rings. The van der Waals surface area contributed by atoms with Gasteiger partial charge in [0.05, 0.1) is 10.2 Å². The molecule has 6 nitrogen and oxygen atoms in total. The van der Waals surface area contributed by atoms with E-state index in [1.54, 1.807) is 32.9 Å². The van der Waals surface area contributed by atoms with Crippen LogP contribution in [0.5, 0.6) is 0 Å². The van der Waals surface area contributed by atoms with Gasteiger partial charge in [0.25, 0.3) is 0 Å². The number of aromatic nitrogens is 1. The Kier molecular flexibility index (Phi) is 4.45. The molecule has 28 heavy (non-hydrogen) atoms. The Labute approximate surface area is 165 Å². The van der Waals surface area contributed by atoms with Gasteiger partial charge >= 0.3 is 6.09 Å². The van der Waals surface area contributed by atoms with Crippen molar-refractivity contribution in [2.75, 3.05) is 11.9 Å². The lowest BCUT2D eigenvalue weighted by molar-refractivity contribution is -0.125. The average Bonchev–Trinajstić information content (AvgIpc) is 2.94. The highest BCUT2D eigenvalue weighted by atomic mass is 32.1. The van der Waals surface area contributed by atoms with Gasteiger partial charge in [-0.05, 0) is 56.8 Å². The number of nitrogens with one attached hydrogen (secondary N) is 1. The van der Waals surface area contributed by atoms with E-state index < -0.39 is 17.7 Å². The van der Waals surface area contributed by atoms with Gasteiger partial charge in [0.15, 0.2) is 5.13 Å². The lowest BCUT2D eigenvalue weighted by Gasteiger charge is -2.39. The average molecular weight is 401 g/mol. The van der Waals surface area contributed by atoms with Crippen LogP contribution in [0.1, 0.15) is 27.2 Å². The smallest absolute Gasteiger partial charge is 0.410 e. The van der Waals surface area contributed by atoms with Crippen molar-refractivity contribution in [3.8, 4) is 0 Å². The number of thiazole rings is 1. The molecule has 1 aliphatic rings. The second kappa shape index (κ2) is 6.70. The molecule has 8 heteroatoms. The molecule has 1 aromatic heterocycles. The maximum Gasteiger partial charge on any atom is 0.410 e. The zero-order valence-electron chi connectivity index (χ0n) is 15.8. The number of hydrogen-bond donors (Lipinski definition) is 1. The Hall–Kier alpha value is -2.74. The third-order valence-electron chi connectivity index (χ3n) is 4.51. The predicted molar refractivity (Wildman–Crippen MR) is 107 cm³/mol. The number of hydrogen-bond acceptors (Lipinski definition) is 5. The highest BCUT2D eigenvalue weighted by molar-refractivity contribution is 7.23. The molecule has 0 bridgehead atoms. The highest BCUT2D eigenvalue weighted by Gasteiger charge is 2.40. The first kappa shape index (κ1) is 18.6. The molecule has 0 aliphatic carbocycles. The molecule has 0 unspecified atom stereocenters. The summed E-state index contributed by atoms with van der Waals surface area (Å²) in [6.45, 7) is 5.86. The van der Waals surface area contributed by atoms with Gasteiger partial charge in [-0.1, -0.05) is 17.4 Å². The lowest BCUT2D eigenvalue weighted by Crippen LogP contribution is -2.57. The second-order valence-corrected chi connectivity index (χ2v) is 8.76. The molecule has 1 N–H and O–H groups in total. The summed E-state index contributed by atoms with van der Waals surface area (Å²) in [4.78, 5) is 30.7. The molecule has 3 aromatic rings. The number of benzene rings is 2. The number of carbonyl (C=O) groups excluding carboxylic acids is 2. The number of carbonyl (C=O) groups is 2. The Bertz CT molecular complexity index is 1090. The SMILES string of the molecule is CC(C)(C)OC(=O)N1CC[C@@H]1C(=O)Nc1nc2ccc3cc(F)ccc3c2s1. The molecule has 1 aliphatic heterocycles. The Balaban J connectivity index is 1.52. The van der Waals surface area contributed by atoms with E-state index in [4.69, 9.17) is 4.74 Å². The second-order valence-electron chi connectivity index (χ2n) is 7.77. The quantitative estimate of drug-likeness (QED) is 0.685. The van der Waals surface area contributed by atoms with Crippen LogP contribution in [0.25, 0.3) is 21.0 Å². The van der Waals surface area contributed by atoms with Crippen LogP contribution in [0.3, 0.4) is 0 Å². The lowest BCUT2D eigenvalue weighted by atomic mass is 10.0. The standard InChI is InChI=1S/C20H20FN3O3S/c1-20(2,3)27-19(26)24-9-8-15(24)17(25)23-18-22-14-7-4-11-10-12(21)5-6-13(11)16(14)28-18/h4-7,10,15H,8-9H2,1-3H3,(H,22,23,25)/t15-/m1/s1. The van der Waals surface area contributed by atoms with Crippen LogP contribution in [0.2, 0.25) is 0 Å². The summed E-state index contributed by atoms with van der Waals surface area (Å²) in [5, 5.41) is 4.92. The van der Waals surface area contributed by atoms with Gasteiger partial charge in [0, 0.05) is 11.9 Å². The first-order chi connectivity index (χ1) is 13.2. The fourth-order valence-electron chi connectivity index (χ4n) is 3.13. The minimum absolute atomic E-state index is 0.286. The van der Waals surface area contributed by atoms with E-state index in [-0.39, 0.29) is 11.7 Å². The van der Waals surface area contributed by atoms with Gasteiger partial charge in [-0.2, -0.15) is 0 Å². The summed E-state index contributed by atoms with van der Waals surface area (Å²) >= 11 is 1.33. The molecule has 0 spiro atoms. The van der Waals surface area contributed by atoms with Crippen molar-refractivity contribution in [2.24, 2.45) is 0 Å². The summed E-state index contributed by atoms with van der Waals surface area (Å²) < 4.78 is 19.7. The van der Waals surface area contributed by atoms with E-state index >= 15 is 0 Å². The molecule has 1 atom stereocenters. The summed E-state index contributed by atoms with van der Waals surface area (Å²) in [6, 6.07) is 7.65. The summed E-state index contributed by atoms with van der Waals surface area (Å²) in [7, 11) is 0. The number of anilines is 1. The Morgan fingerprint density at radius 1 is 1.29 bits per heavy atom. The number of nitrogens with zero attached hydrogens (tertiary/aromatic N) is 2. The maximum absolute atomic E-state index is 13.4. The van der Waals surface area contributed by atoms with E-state index in [1.807, 2.05) is 6.07 Å². The number of likely N-dealkylation sites (tertiary alicyclic amines) is 1. The number of ether oxygens (including phenoxy) is 1. The van der Waals surface area contributed by atoms with Crippen LogP contribution in [0.4, 0.5) is 14.3 Å². The fourth-order valence-corrected chi connectivity index (χ4v) is 4.13. The van der Waals surface area contributed by atoms with Crippen molar-refractivity contribution in [1.29, 1.82) is 0 Å². The topological polar surface area (TPSA) is 71.5 Å². The number of rotatable bonds is 2. The normalized spacial score (nSPS) is 16.9. The molecule has 2 aromatic carbocycles. The first-order valence-electron chi connectivity index (χ1n) is 9.00. The van der Waals surface area contributed by atoms with Crippen molar-refractivity contribution in [3.05, 3.63) is 36.1 Å². The number of amides is 2. The van der Waals surface area contributed by atoms with E-state index in [1.165, 1.54) is 28.4 Å². The summed E-state index contributed by atoms with van der Waals surface area (Å²) in [6.07, 6.45) is 0.0919. The van der Waals surface area contributed by atoms with Gasteiger partial charge in [0.2, 0.25) is 5.91 Å². The maximum atomic E-state index is 13.4. The van der Waals surface area contributed by atoms with E-state index in [0.29, 0.717) is 18.1 Å². The van der Waals surface area contributed by atoms with Crippen LogP contribution in [0.15, 0.2) is 30.3 Å². The molecule has 2 amide bonds. The van der Waals surface area contributed by atoms with Gasteiger partial charge in [-0.3, -0.25) is 9.69 Å². The van der Waals surface area contributed by atoms with Crippen molar-refractivity contribution >= 4 is 49.5 Å². The van der Waals surface area contributed by atoms with Crippen LogP contribution < -0.4 is 5.32 Å². The summed E-state index contributed by atoms with van der Waals surface area (Å²) in [5.41, 5.74) is 0.123. The Morgan fingerprint density at radius 3 is 2.75 bits per heavy atom. The molecular weight excluding hydrogens is 381 g/mol. The van der Waals surface area contributed by atoms with Crippen molar-refractivity contribution < 1.29 is 18.7 Å². The molecule has 146 valence electrons. The molecule has 1 saturated heterocycles. The van der Waals surface area contributed by atoms with Crippen LogP contribution in [-0.2, 0) is 9.53 Å². The zero-order valence-corrected chi connectivity index (χ0v) is 16.6. The van der Waals surface area contributed by atoms with Gasteiger partial charge < -0.3 is 10.1 Å². The molecule has 2 heterocycles. The predicted octanol–water partition coefficient (Wildman–Crippen LogP) is 4.54. The van der Waals surface area contributed by atoms with Gasteiger partial charge in [0.1, 0.15) is 17.5 Å². The van der Waals surface area contributed by atoms with Crippen LogP contribution in [-0.4, -0.2) is 40.1 Å².